The minimum absolute atomic E-state index is 0.00445. The number of ether oxygens (including phenoxy) is 2. The molecule has 3 aromatic carbocycles. The summed E-state index contributed by atoms with van der Waals surface area (Å²) < 4.78 is 84.2. The standard InChI is InChI=1S/C22H10F5N3O4S/c23-15-14(16(24)18(26)19(27)17(15)25)21-29-10-6-9(2-4-11(10)34-21)28-22(35)30-20(31)8-1-3-12-13(5-8)33-7-32-12/h1-6H,7H2,(H2,28,30,31,35). The van der Waals surface area contributed by atoms with E-state index in [0.717, 1.165) is 0 Å². The molecule has 0 aliphatic carbocycles. The second-order valence-electron chi connectivity index (χ2n) is 7.12. The summed E-state index contributed by atoms with van der Waals surface area (Å²) in [5, 5.41) is 5.11. The Balaban J connectivity index is 1.35. The largest absolute Gasteiger partial charge is 0.454 e. The summed E-state index contributed by atoms with van der Waals surface area (Å²) >= 11 is 5.13. The van der Waals surface area contributed by atoms with Crippen LogP contribution in [0.5, 0.6) is 11.5 Å². The number of hydrogen-bond donors (Lipinski definition) is 2. The van der Waals surface area contributed by atoms with Gasteiger partial charge < -0.3 is 19.2 Å². The Morgan fingerprint density at radius 1 is 0.886 bits per heavy atom. The Bertz CT molecular complexity index is 1510. The van der Waals surface area contributed by atoms with Crippen molar-refractivity contribution in [3.8, 4) is 23.0 Å². The number of aromatic nitrogens is 1. The molecule has 1 aliphatic rings. The number of carbonyl (C=O) groups is 1. The quantitative estimate of drug-likeness (QED) is 0.174. The fourth-order valence-corrected chi connectivity index (χ4v) is 3.49. The number of nitrogens with one attached hydrogen (secondary N) is 2. The van der Waals surface area contributed by atoms with Crippen molar-refractivity contribution in [3.63, 3.8) is 0 Å². The predicted octanol–water partition coefficient (Wildman–Crippen LogP) is 5.05. The molecule has 35 heavy (non-hydrogen) atoms. The fourth-order valence-electron chi connectivity index (χ4n) is 3.28. The second-order valence-corrected chi connectivity index (χ2v) is 7.53. The smallest absolute Gasteiger partial charge is 0.257 e. The minimum atomic E-state index is -2.29. The Kier molecular flexibility index (Phi) is 5.47. The van der Waals surface area contributed by atoms with Crippen molar-refractivity contribution in [2.75, 3.05) is 12.1 Å². The number of hydrogen-bond acceptors (Lipinski definition) is 6. The lowest BCUT2D eigenvalue weighted by molar-refractivity contribution is 0.0977. The van der Waals surface area contributed by atoms with Crippen LogP contribution < -0.4 is 20.1 Å². The molecule has 2 N–H and O–H groups in total. The van der Waals surface area contributed by atoms with Crippen molar-refractivity contribution in [2.45, 2.75) is 0 Å². The van der Waals surface area contributed by atoms with Crippen LogP contribution in [0.1, 0.15) is 10.4 Å². The van der Waals surface area contributed by atoms with E-state index in [-0.39, 0.29) is 28.6 Å². The van der Waals surface area contributed by atoms with E-state index in [1.807, 2.05) is 0 Å². The van der Waals surface area contributed by atoms with Gasteiger partial charge >= 0.3 is 0 Å². The van der Waals surface area contributed by atoms with E-state index in [9.17, 15) is 26.7 Å². The molecule has 0 spiro atoms. The topological polar surface area (TPSA) is 85.6 Å². The number of amides is 1. The summed E-state index contributed by atoms with van der Waals surface area (Å²) in [6.07, 6.45) is 0. The summed E-state index contributed by atoms with van der Waals surface area (Å²) in [5.41, 5.74) is -0.703. The van der Waals surface area contributed by atoms with E-state index in [1.54, 1.807) is 6.07 Å². The molecule has 2 heterocycles. The number of anilines is 1. The Morgan fingerprint density at radius 2 is 1.57 bits per heavy atom. The first-order valence-corrected chi connectivity index (χ1v) is 10.1. The maximum Gasteiger partial charge on any atom is 0.257 e. The van der Waals surface area contributed by atoms with Crippen molar-refractivity contribution >= 4 is 40.0 Å². The number of benzene rings is 3. The number of nitrogens with zero attached hydrogens (tertiary/aromatic N) is 1. The zero-order valence-corrected chi connectivity index (χ0v) is 17.9. The van der Waals surface area contributed by atoms with Gasteiger partial charge in [0.1, 0.15) is 11.1 Å². The summed E-state index contributed by atoms with van der Waals surface area (Å²) in [5.74, 6) is -11.1. The van der Waals surface area contributed by atoms with Crippen LogP contribution in [0.2, 0.25) is 0 Å². The second kappa shape index (κ2) is 8.51. The normalized spacial score (nSPS) is 12.1. The zero-order valence-electron chi connectivity index (χ0n) is 17.0. The molecule has 1 aromatic heterocycles. The van der Waals surface area contributed by atoms with Crippen LogP contribution in [0.15, 0.2) is 40.8 Å². The van der Waals surface area contributed by atoms with Crippen molar-refractivity contribution in [2.24, 2.45) is 0 Å². The highest BCUT2D eigenvalue weighted by atomic mass is 32.1. The van der Waals surface area contributed by atoms with E-state index in [0.29, 0.717) is 17.2 Å². The van der Waals surface area contributed by atoms with Gasteiger partial charge in [0.2, 0.25) is 18.5 Å². The summed E-state index contributed by atoms with van der Waals surface area (Å²) in [6.45, 7) is 0.0525. The molecule has 0 saturated carbocycles. The third kappa shape index (κ3) is 3.99. The molecule has 0 atom stereocenters. The fraction of sp³-hybridized carbons (Fsp3) is 0.0455. The Morgan fingerprint density at radius 3 is 2.31 bits per heavy atom. The molecule has 7 nitrogen and oxygen atoms in total. The third-order valence-corrected chi connectivity index (χ3v) is 5.14. The number of thiocarbonyl (C=S) groups is 1. The van der Waals surface area contributed by atoms with Gasteiger partial charge in [-0.3, -0.25) is 10.1 Å². The molecular weight excluding hydrogens is 497 g/mol. The highest BCUT2D eigenvalue weighted by Crippen LogP contribution is 2.34. The van der Waals surface area contributed by atoms with Gasteiger partial charge in [-0.05, 0) is 48.6 Å². The van der Waals surface area contributed by atoms with Crippen LogP contribution in [0.3, 0.4) is 0 Å². The Hall–Kier alpha value is -4.26. The summed E-state index contributed by atoms with van der Waals surface area (Å²) in [4.78, 5) is 16.3. The lowest BCUT2D eigenvalue weighted by Crippen LogP contribution is -2.34. The first kappa shape index (κ1) is 22.5. The first-order chi connectivity index (χ1) is 16.7. The maximum atomic E-state index is 14.1. The lowest BCUT2D eigenvalue weighted by atomic mass is 10.1. The molecule has 4 aromatic rings. The van der Waals surface area contributed by atoms with Crippen LogP contribution in [0.4, 0.5) is 27.6 Å². The van der Waals surface area contributed by atoms with Gasteiger partial charge in [-0.1, -0.05) is 0 Å². The first-order valence-electron chi connectivity index (χ1n) is 9.67. The average molecular weight is 507 g/mol. The van der Waals surface area contributed by atoms with E-state index < -0.39 is 46.4 Å². The van der Waals surface area contributed by atoms with E-state index in [1.165, 1.54) is 30.3 Å². The van der Waals surface area contributed by atoms with E-state index in [4.69, 9.17) is 26.1 Å². The van der Waals surface area contributed by atoms with Gasteiger partial charge in [-0.15, -0.1) is 0 Å². The van der Waals surface area contributed by atoms with Crippen LogP contribution in [-0.4, -0.2) is 22.8 Å². The van der Waals surface area contributed by atoms with Crippen LogP contribution in [0, 0.1) is 29.1 Å². The van der Waals surface area contributed by atoms with Crippen molar-refractivity contribution < 1.29 is 40.6 Å². The number of oxazole rings is 1. The number of rotatable bonds is 3. The van der Waals surface area contributed by atoms with Gasteiger partial charge in [0.25, 0.3) is 5.91 Å². The summed E-state index contributed by atoms with van der Waals surface area (Å²) in [7, 11) is 0. The molecule has 0 radical (unpaired) electrons. The maximum absolute atomic E-state index is 14.1. The third-order valence-electron chi connectivity index (χ3n) is 4.93. The molecule has 0 saturated heterocycles. The highest BCUT2D eigenvalue weighted by Gasteiger charge is 2.29. The molecule has 1 aliphatic heterocycles. The van der Waals surface area contributed by atoms with Gasteiger partial charge in [0.15, 0.2) is 45.5 Å². The van der Waals surface area contributed by atoms with Gasteiger partial charge in [0.05, 0.1) is 0 Å². The molecule has 0 unspecified atom stereocenters. The van der Waals surface area contributed by atoms with E-state index in [2.05, 4.69) is 15.6 Å². The molecule has 178 valence electrons. The minimum Gasteiger partial charge on any atom is -0.454 e. The van der Waals surface area contributed by atoms with Crippen LogP contribution in [-0.2, 0) is 0 Å². The molecule has 5 rings (SSSR count). The predicted molar refractivity (Wildman–Crippen MR) is 115 cm³/mol. The number of fused-ring (bicyclic) bond motifs is 2. The molecule has 0 fully saturated rings. The van der Waals surface area contributed by atoms with Crippen molar-refractivity contribution in [1.82, 2.24) is 10.3 Å². The molecule has 0 bridgehead atoms. The van der Waals surface area contributed by atoms with Crippen LogP contribution in [0.25, 0.3) is 22.6 Å². The monoisotopic (exact) mass is 507 g/mol. The van der Waals surface area contributed by atoms with Crippen molar-refractivity contribution in [1.29, 1.82) is 0 Å². The SMILES string of the molecule is O=C(NC(=S)Nc1ccc2oc(-c3c(F)c(F)c(F)c(F)c3F)nc2c1)c1ccc2c(c1)OCO2. The van der Waals surface area contributed by atoms with Gasteiger partial charge in [0, 0.05) is 11.3 Å². The molecular formula is C22H10F5N3O4S. The highest BCUT2D eigenvalue weighted by molar-refractivity contribution is 7.80. The number of halogens is 5. The zero-order chi connectivity index (χ0) is 24.9. The van der Waals surface area contributed by atoms with Gasteiger partial charge in [-0.25, -0.2) is 26.9 Å². The van der Waals surface area contributed by atoms with Gasteiger partial charge in [-0.2, -0.15) is 0 Å². The van der Waals surface area contributed by atoms with E-state index >= 15 is 0 Å². The number of carbonyl (C=O) groups excluding carboxylic acids is 1. The summed E-state index contributed by atoms with van der Waals surface area (Å²) in [6, 6.07) is 8.70. The lowest BCUT2D eigenvalue weighted by Gasteiger charge is -2.09. The average Bonchev–Trinajstić information content (AvgIpc) is 3.47. The molecule has 13 heteroatoms. The Labute approximate surface area is 197 Å². The van der Waals surface area contributed by atoms with Crippen molar-refractivity contribution in [3.05, 3.63) is 71.0 Å². The molecule has 1 amide bonds. The van der Waals surface area contributed by atoms with Crippen LogP contribution >= 0.6 is 12.2 Å².